The normalized spacial score (nSPS) is 10.6. The number of carbonyl (C=O) groups is 1. The van der Waals surface area contributed by atoms with Gasteiger partial charge < -0.3 is 14.4 Å². The van der Waals surface area contributed by atoms with Gasteiger partial charge in [0, 0.05) is 37.2 Å². The zero-order valence-corrected chi connectivity index (χ0v) is 17.9. The summed E-state index contributed by atoms with van der Waals surface area (Å²) in [5, 5.41) is 0.788. The highest BCUT2D eigenvalue weighted by Crippen LogP contribution is 2.31. The molecule has 0 atom stereocenters. The van der Waals surface area contributed by atoms with Gasteiger partial charge in [0.15, 0.2) is 16.7 Å². The number of thioether (sulfide) groups is 1. The molecule has 1 aromatic heterocycles. The number of aromatic nitrogens is 2. The summed E-state index contributed by atoms with van der Waals surface area (Å²) in [6.45, 7) is 2.49. The molecule has 3 rings (SSSR count). The van der Waals surface area contributed by atoms with Crippen LogP contribution in [0, 0.1) is 6.92 Å². The molecule has 0 bridgehead atoms. The van der Waals surface area contributed by atoms with E-state index < -0.39 is 0 Å². The van der Waals surface area contributed by atoms with E-state index in [0.717, 1.165) is 16.4 Å². The predicted molar refractivity (Wildman–Crippen MR) is 115 cm³/mol. The lowest BCUT2D eigenvalue weighted by Gasteiger charge is -2.20. The zero-order chi connectivity index (χ0) is 20.8. The van der Waals surface area contributed by atoms with Crippen LogP contribution in [0.5, 0.6) is 11.5 Å². The molecular formula is C22H25N3O3S. The Morgan fingerprint density at radius 3 is 2.69 bits per heavy atom. The summed E-state index contributed by atoms with van der Waals surface area (Å²) in [6, 6.07) is 13.9. The van der Waals surface area contributed by atoms with Gasteiger partial charge in [0.1, 0.15) is 0 Å². The summed E-state index contributed by atoms with van der Waals surface area (Å²) in [7, 11) is 4.99. The molecule has 6 nitrogen and oxygen atoms in total. The third kappa shape index (κ3) is 4.92. The second-order valence-corrected chi connectivity index (χ2v) is 7.55. The standard InChI is InChI=1S/C22H25N3O3S/c1-16-7-5-9-18(13-16)25-12-11-23-22(25)29-15-20(26)24(2)14-17-8-6-10-19(27-3)21(17)28-4/h5-13H,14-15H2,1-4H3. The number of hydrogen-bond donors (Lipinski definition) is 0. The Kier molecular flexibility index (Phi) is 6.82. The smallest absolute Gasteiger partial charge is 0.233 e. The molecule has 2 aromatic carbocycles. The number of carbonyl (C=O) groups excluding carboxylic acids is 1. The minimum absolute atomic E-state index is 0.0127. The number of methoxy groups -OCH3 is 2. The lowest BCUT2D eigenvalue weighted by molar-refractivity contribution is -0.127. The van der Waals surface area contributed by atoms with E-state index in [1.807, 2.05) is 41.1 Å². The van der Waals surface area contributed by atoms with E-state index in [9.17, 15) is 4.79 Å². The average Bonchev–Trinajstić information content (AvgIpc) is 3.20. The van der Waals surface area contributed by atoms with Crippen LogP contribution in [0.2, 0.25) is 0 Å². The van der Waals surface area contributed by atoms with Gasteiger partial charge in [-0.1, -0.05) is 36.0 Å². The van der Waals surface area contributed by atoms with Crippen molar-refractivity contribution in [3.05, 3.63) is 66.0 Å². The van der Waals surface area contributed by atoms with Crippen molar-refractivity contribution in [3.63, 3.8) is 0 Å². The zero-order valence-electron chi connectivity index (χ0n) is 17.1. The minimum Gasteiger partial charge on any atom is -0.493 e. The molecule has 1 amide bonds. The number of imidazole rings is 1. The second kappa shape index (κ2) is 9.52. The molecule has 0 N–H and O–H groups in total. The second-order valence-electron chi connectivity index (χ2n) is 6.61. The van der Waals surface area contributed by atoms with E-state index in [-0.39, 0.29) is 5.91 Å². The van der Waals surface area contributed by atoms with Crippen LogP contribution < -0.4 is 9.47 Å². The fourth-order valence-corrected chi connectivity index (χ4v) is 3.94. The molecule has 7 heteroatoms. The Labute approximate surface area is 175 Å². The van der Waals surface area contributed by atoms with E-state index in [1.54, 1.807) is 32.4 Å². The number of para-hydroxylation sites is 1. The van der Waals surface area contributed by atoms with E-state index in [0.29, 0.717) is 23.8 Å². The largest absolute Gasteiger partial charge is 0.493 e. The number of hydrogen-bond acceptors (Lipinski definition) is 5. The molecule has 0 aliphatic carbocycles. The van der Waals surface area contributed by atoms with Crippen molar-refractivity contribution in [1.82, 2.24) is 14.5 Å². The molecule has 29 heavy (non-hydrogen) atoms. The lowest BCUT2D eigenvalue weighted by atomic mass is 10.1. The molecule has 0 spiro atoms. The highest BCUT2D eigenvalue weighted by atomic mass is 32.2. The molecule has 0 aliphatic heterocycles. The van der Waals surface area contributed by atoms with Gasteiger partial charge in [0.25, 0.3) is 0 Å². The maximum Gasteiger partial charge on any atom is 0.233 e. The van der Waals surface area contributed by atoms with Crippen LogP contribution in [0.4, 0.5) is 0 Å². The fraction of sp³-hybridized carbons (Fsp3) is 0.273. The van der Waals surface area contributed by atoms with Gasteiger partial charge in [-0.3, -0.25) is 9.36 Å². The van der Waals surface area contributed by atoms with Crippen LogP contribution >= 0.6 is 11.8 Å². The Morgan fingerprint density at radius 1 is 1.17 bits per heavy atom. The van der Waals surface area contributed by atoms with Gasteiger partial charge in [-0.25, -0.2) is 4.98 Å². The highest BCUT2D eigenvalue weighted by Gasteiger charge is 2.16. The molecule has 0 unspecified atom stereocenters. The van der Waals surface area contributed by atoms with Crippen molar-refractivity contribution in [1.29, 1.82) is 0 Å². The number of aryl methyl sites for hydroxylation is 1. The maximum atomic E-state index is 12.7. The van der Waals surface area contributed by atoms with Crippen molar-refractivity contribution < 1.29 is 14.3 Å². The Balaban J connectivity index is 1.66. The van der Waals surface area contributed by atoms with Gasteiger partial charge in [0.2, 0.25) is 5.91 Å². The van der Waals surface area contributed by atoms with Crippen molar-refractivity contribution in [3.8, 4) is 17.2 Å². The van der Waals surface area contributed by atoms with Gasteiger partial charge in [0.05, 0.1) is 20.0 Å². The average molecular weight is 412 g/mol. The number of ether oxygens (including phenoxy) is 2. The summed E-state index contributed by atoms with van der Waals surface area (Å²) in [4.78, 5) is 18.8. The summed E-state index contributed by atoms with van der Waals surface area (Å²) >= 11 is 1.42. The Morgan fingerprint density at radius 2 is 1.97 bits per heavy atom. The molecule has 152 valence electrons. The summed E-state index contributed by atoms with van der Waals surface area (Å²) in [6.07, 6.45) is 3.66. The summed E-state index contributed by atoms with van der Waals surface area (Å²) in [5.41, 5.74) is 3.11. The Hall–Kier alpha value is -2.93. The first-order valence-electron chi connectivity index (χ1n) is 9.20. The molecule has 0 aliphatic rings. The number of amides is 1. The fourth-order valence-electron chi connectivity index (χ4n) is 3.03. The van der Waals surface area contributed by atoms with Gasteiger partial charge in [-0.05, 0) is 30.7 Å². The molecule has 3 aromatic rings. The highest BCUT2D eigenvalue weighted by molar-refractivity contribution is 7.99. The van der Waals surface area contributed by atoms with Crippen molar-refractivity contribution in [2.45, 2.75) is 18.6 Å². The predicted octanol–water partition coefficient (Wildman–Crippen LogP) is 3.95. The number of benzene rings is 2. The van der Waals surface area contributed by atoms with Crippen LogP contribution in [0.1, 0.15) is 11.1 Å². The molecule has 1 heterocycles. The van der Waals surface area contributed by atoms with Gasteiger partial charge in [-0.15, -0.1) is 0 Å². The van der Waals surface area contributed by atoms with E-state index in [1.165, 1.54) is 17.3 Å². The molecular weight excluding hydrogens is 386 g/mol. The van der Waals surface area contributed by atoms with Crippen LogP contribution in [0.25, 0.3) is 5.69 Å². The maximum absolute atomic E-state index is 12.7. The van der Waals surface area contributed by atoms with Crippen molar-refractivity contribution in [2.24, 2.45) is 0 Å². The molecule has 0 fully saturated rings. The minimum atomic E-state index is 0.0127. The molecule has 0 saturated carbocycles. The van der Waals surface area contributed by atoms with Crippen molar-refractivity contribution in [2.75, 3.05) is 27.0 Å². The van der Waals surface area contributed by atoms with Gasteiger partial charge in [-0.2, -0.15) is 0 Å². The monoisotopic (exact) mass is 411 g/mol. The first-order valence-corrected chi connectivity index (χ1v) is 10.2. The van der Waals surface area contributed by atoms with Gasteiger partial charge >= 0.3 is 0 Å². The molecule has 0 radical (unpaired) electrons. The van der Waals surface area contributed by atoms with E-state index in [4.69, 9.17) is 9.47 Å². The van der Waals surface area contributed by atoms with E-state index in [2.05, 4.69) is 24.0 Å². The Bertz CT molecular complexity index is 987. The summed E-state index contributed by atoms with van der Waals surface area (Å²) < 4.78 is 12.8. The SMILES string of the molecule is COc1cccc(CN(C)C(=O)CSc2nccn2-c2cccc(C)c2)c1OC. The van der Waals surface area contributed by atoms with Crippen LogP contribution in [-0.4, -0.2) is 47.4 Å². The van der Waals surface area contributed by atoms with E-state index >= 15 is 0 Å². The topological polar surface area (TPSA) is 56.6 Å². The number of rotatable bonds is 8. The first kappa shape index (κ1) is 20.8. The lowest BCUT2D eigenvalue weighted by Crippen LogP contribution is -2.28. The van der Waals surface area contributed by atoms with Crippen LogP contribution in [-0.2, 0) is 11.3 Å². The summed E-state index contributed by atoms with van der Waals surface area (Å²) in [5.74, 6) is 1.61. The number of nitrogens with zero attached hydrogens (tertiary/aromatic N) is 3. The molecule has 0 saturated heterocycles. The van der Waals surface area contributed by atoms with Crippen LogP contribution in [0.3, 0.4) is 0 Å². The third-order valence-corrected chi connectivity index (χ3v) is 5.48. The third-order valence-electron chi connectivity index (χ3n) is 4.53. The van der Waals surface area contributed by atoms with Crippen molar-refractivity contribution >= 4 is 17.7 Å². The first-order chi connectivity index (χ1) is 14.0. The van der Waals surface area contributed by atoms with Crippen LogP contribution in [0.15, 0.2) is 60.0 Å². The quantitative estimate of drug-likeness (QED) is 0.526.